The number of allylic oxidation sites excluding steroid dienone is 1. The first-order valence-electron chi connectivity index (χ1n) is 16.8. The van der Waals surface area contributed by atoms with Gasteiger partial charge in [0.25, 0.3) is 0 Å². The van der Waals surface area contributed by atoms with Crippen LogP contribution in [0.5, 0.6) is 0 Å². The van der Waals surface area contributed by atoms with E-state index in [-0.39, 0.29) is 63.9 Å². The summed E-state index contributed by atoms with van der Waals surface area (Å²) in [6.45, 7) is 4.50. The Labute approximate surface area is 288 Å². The molecule has 0 aromatic rings. The predicted octanol–water partition coefficient (Wildman–Crippen LogP) is 8.21. The zero-order valence-corrected chi connectivity index (χ0v) is 30.5. The van der Waals surface area contributed by atoms with E-state index in [0.29, 0.717) is 0 Å². The maximum absolute atomic E-state index is 10.9. The number of rotatable bonds is 31. The smallest absolute Gasteiger partial charge is 0.726 e. The van der Waals surface area contributed by atoms with E-state index in [9.17, 15) is 13.0 Å². The van der Waals surface area contributed by atoms with Crippen molar-refractivity contribution in [3.8, 4) is 0 Å². The fraction of sp³-hybridized carbons (Fsp3) is 0.939. The molecule has 39 heavy (non-hydrogen) atoms. The van der Waals surface area contributed by atoms with E-state index in [1.807, 2.05) is 0 Å². The summed E-state index contributed by atoms with van der Waals surface area (Å²) < 4.78 is 37.2. The zero-order chi connectivity index (χ0) is 28.0. The topological polar surface area (TPSA) is 66.4 Å². The van der Waals surface area contributed by atoms with E-state index in [0.717, 1.165) is 19.3 Å². The van der Waals surface area contributed by atoms with Gasteiger partial charge < -0.3 is 4.55 Å². The van der Waals surface area contributed by atoms with Crippen molar-refractivity contribution in [2.24, 2.45) is 5.92 Å². The van der Waals surface area contributed by atoms with Gasteiger partial charge in [0.1, 0.15) is 0 Å². The Hall–Kier alpha value is 1.25. The van der Waals surface area contributed by atoms with Gasteiger partial charge in [0.2, 0.25) is 10.4 Å². The fourth-order valence-electron chi connectivity index (χ4n) is 5.22. The Morgan fingerprint density at radius 1 is 0.564 bits per heavy atom. The van der Waals surface area contributed by atoms with Crippen molar-refractivity contribution in [3.63, 3.8) is 0 Å². The molecule has 4 nitrogen and oxygen atoms in total. The fourth-order valence-corrected chi connectivity index (χ4v) is 5.56. The molecule has 0 heterocycles. The van der Waals surface area contributed by atoms with Crippen molar-refractivity contribution in [2.45, 2.75) is 187 Å². The molecular weight excluding hydrogens is 532 g/mol. The van der Waals surface area contributed by atoms with Gasteiger partial charge in [-0.05, 0) is 19.3 Å². The van der Waals surface area contributed by atoms with Gasteiger partial charge in [0.15, 0.2) is 0 Å². The van der Waals surface area contributed by atoms with Gasteiger partial charge in [-0.15, -0.1) is 0 Å². The average Bonchev–Trinajstić information content (AvgIpc) is 2.89. The summed E-state index contributed by atoms with van der Waals surface area (Å²) in [5.74, 6) is 0.0182. The Morgan fingerprint density at radius 2 is 0.897 bits per heavy atom. The standard InChI is InChI=1S/C33H66O4S.K/c1-3-5-7-9-11-13-14-15-16-17-18-19-20-21-22-23-25-27-29-31-33(32-37-38(34,35)36)30-28-26-24-12-10-8-6-4-2;/h29,31,33H,3-28,30,32H2,1-2H3,(H,34,35,36);/q;+1/p-1/b31-29+;. The van der Waals surface area contributed by atoms with Gasteiger partial charge in [-0.2, -0.15) is 0 Å². The van der Waals surface area contributed by atoms with Crippen LogP contribution in [0.2, 0.25) is 0 Å². The van der Waals surface area contributed by atoms with Crippen LogP contribution in [0.1, 0.15) is 187 Å². The van der Waals surface area contributed by atoms with Crippen LogP contribution < -0.4 is 51.4 Å². The minimum absolute atomic E-state index is 0. The summed E-state index contributed by atoms with van der Waals surface area (Å²) in [5.41, 5.74) is 0. The van der Waals surface area contributed by atoms with Crippen LogP contribution in [-0.4, -0.2) is 19.6 Å². The summed E-state index contributed by atoms with van der Waals surface area (Å²) in [6, 6.07) is 0. The molecule has 0 aromatic heterocycles. The molecule has 6 heteroatoms. The Kier molecular flexibility index (Phi) is 36.7. The van der Waals surface area contributed by atoms with E-state index in [1.54, 1.807) is 0 Å². The molecule has 0 saturated carbocycles. The minimum Gasteiger partial charge on any atom is -0.726 e. The van der Waals surface area contributed by atoms with Crippen LogP contribution in [0, 0.1) is 5.92 Å². The van der Waals surface area contributed by atoms with Gasteiger partial charge in [-0.25, -0.2) is 8.42 Å². The molecule has 0 aliphatic rings. The van der Waals surface area contributed by atoms with E-state index in [1.165, 1.54) is 154 Å². The minimum atomic E-state index is -4.61. The molecule has 0 spiro atoms. The first-order valence-corrected chi connectivity index (χ1v) is 18.1. The Bertz CT molecular complexity index is 595. The second kappa shape index (κ2) is 33.7. The molecule has 0 radical (unpaired) electrons. The molecule has 0 rings (SSSR count). The van der Waals surface area contributed by atoms with E-state index in [2.05, 4.69) is 30.2 Å². The summed E-state index contributed by atoms with van der Waals surface area (Å²) in [4.78, 5) is 0. The quantitative estimate of drug-likeness (QED) is 0.0266. The van der Waals surface area contributed by atoms with Crippen LogP contribution in [0.25, 0.3) is 0 Å². The molecule has 0 aliphatic heterocycles. The normalized spacial score (nSPS) is 12.7. The second-order valence-electron chi connectivity index (χ2n) is 11.6. The number of hydrogen-bond acceptors (Lipinski definition) is 4. The molecule has 0 bridgehead atoms. The summed E-state index contributed by atoms with van der Waals surface area (Å²) in [5, 5.41) is 0. The third-order valence-corrected chi connectivity index (χ3v) is 8.16. The maximum Gasteiger partial charge on any atom is 1.00 e. The zero-order valence-electron chi connectivity index (χ0n) is 26.6. The molecule has 1 unspecified atom stereocenters. The van der Waals surface area contributed by atoms with Crippen molar-refractivity contribution in [1.29, 1.82) is 0 Å². The molecule has 0 amide bonds. The summed E-state index contributed by atoms with van der Waals surface area (Å²) in [7, 11) is -4.61. The molecule has 0 N–H and O–H groups in total. The maximum atomic E-state index is 10.9. The monoisotopic (exact) mass is 596 g/mol. The second-order valence-corrected chi connectivity index (χ2v) is 12.6. The molecule has 0 saturated heterocycles. The van der Waals surface area contributed by atoms with Crippen molar-refractivity contribution in [1.82, 2.24) is 0 Å². The van der Waals surface area contributed by atoms with Crippen molar-refractivity contribution < 1.29 is 68.5 Å². The van der Waals surface area contributed by atoms with E-state index >= 15 is 0 Å². The largest absolute Gasteiger partial charge is 1.00 e. The van der Waals surface area contributed by atoms with Crippen LogP contribution in [-0.2, 0) is 14.6 Å². The average molecular weight is 597 g/mol. The van der Waals surface area contributed by atoms with Gasteiger partial charge in [0.05, 0.1) is 6.61 Å². The van der Waals surface area contributed by atoms with Gasteiger partial charge in [0, 0.05) is 5.92 Å². The molecule has 228 valence electrons. The number of unbranched alkanes of at least 4 members (excludes halogenated alkanes) is 24. The number of hydrogen-bond donors (Lipinski definition) is 0. The SMILES string of the molecule is CCCCCCCCCCCCCCCCCCC/C=C/C(CCCCCCCCCC)COS(=O)(=O)[O-].[K+]. The van der Waals surface area contributed by atoms with Crippen LogP contribution >= 0.6 is 0 Å². The Morgan fingerprint density at radius 3 is 1.26 bits per heavy atom. The molecule has 0 fully saturated rings. The van der Waals surface area contributed by atoms with E-state index < -0.39 is 10.4 Å². The van der Waals surface area contributed by atoms with Crippen LogP contribution in [0.15, 0.2) is 12.2 Å². The summed E-state index contributed by atoms with van der Waals surface area (Å²) in [6.07, 6.45) is 39.6. The van der Waals surface area contributed by atoms with Gasteiger partial charge in [-0.3, -0.25) is 4.18 Å². The third kappa shape index (κ3) is 37.2. The van der Waals surface area contributed by atoms with Gasteiger partial charge >= 0.3 is 51.4 Å². The molecule has 0 aromatic carbocycles. The molecular formula is C33H65KO4S. The molecule has 1 atom stereocenters. The van der Waals surface area contributed by atoms with E-state index in [4.69, 9.17) is 0 Å². The van der Waals surface area contributed by atoms with Crippen LogP contribution in [0.4, 0.5) is 0 Å². The van der Waals surface area contributed by atoms with Crippen LogP contribution in [0.3, 0.4) is 0 Å². The van der Waals surface area contributed by atoms with Crippen molar-refractivity contribution >= 4 is 10.4 Å². The first-order chi connectivity index (χ1) is 18.5. The van der Waals surface area contributed by atoms with Crippen molar-refractivity contribution in [2.75, 3.05) is 6.61 Å². The predicted molar refractivity (Wildman–Crippen MR) is 164 cm³/mol. The van der Waals surface area contributed by atoms with Gasteiger partial charge in [-0.1, -0.05) is 180 Å². The summed E-state index contributed by atoms with van der Waals surface area (Å²) >= 11 is 0. The third-order valence-electron chi connectivity index (χ3n) is 7.74. The Balaban J connectivity index is 0. The first kappa shape index (κ1) is 42.4. The molecule has 0 aliphatic carbocycles. The van der Waals surface area contributed by atoms with Crippen molar-refractivity contribution in [3.05, 3.63) is 12.2 Å².